The summed E-state index contributed by atoms with van der Waals surface area (Å²) >= 11 is 0. The lowest BCUT2D eigenvalue weighted by Gasteiger charge is -2.34. The minimum absolute atomic E-state index is 0.315. The summed E-state index contributed by atoms with van der Waals surface area (Å²) in [6, 6.07) is 0.977. The monoisotopic (exact) mass is 248 g/mol. The van der Waals surface area contributed by atoms with Gasteiger partial charge >= 0.3 is 0 Å². The summed E-state index contributed by atoms with van der Waals surface area (Å²) in [4.78, 5) is 6.96. The van der Waals surface area contributed by atoms with E-state index in [2.05, 4.69) is 20.6 Å². The Morgan fingerprint density at radius 3 is 2.72 bits per heavy atom. The van der Waals surface area contributed by atoms with Crippen LogP contribution in [-0.4, -0.2) is 28.7 Å². The van der Waals surface area contributed by atoms with Crippen LogP contribution in [0.3, 0.4) is 0 Å². The number of anilines is 1. The van der Waals surface area contributed by atoms with E-state index in [4.69, 9.17) is 5.73 Å². The molecule has 1 saturated carbocycles. The molecule has 2 fully saturated rings. The third-order valence-electron chi connectivity index (χ3n) is 4.36. The maximum atomic E-state index is 6.08. The molecule has 3 rings (SSSR count). The molecule has 1 atom stereocenters. The molecule has 2 heterocycles. The fraction of sp³-hybridized carbons (Fsp3) is 0.786. The number of nitrogens with two attached hydrogens (primary N) is 1. The molecule has 0 spiro atoms. The van der Waals surface area contributed by atoms with Crippen LogP contribution >= 0.6 is 0 Å². The Hall–Kier alpha value is -1.03. The van der Waals surface area contributed by atoms with Crippen molar-refractivity contribution in [3.05, 3.63) is 12.4 Å². The number of imidazole rings is 1. The first-order chi connectivity index (χ1) is 8.84. The van der Waals surface area contributed by atoms with Crippen LogP contribution in [0.5, 0.6) is 0 Å². The van der Waals surface area contributed by atoms with Crippen LogP contribution in [0, 0.1) is 0 Å². The van der Waals surface area contributed by atoms with Gasteiger partial charge in [0.25, 0.3) is 0 Å². The van der Waals surface area contributed by atoms with Crippen molar-refractivity contribution in [3.8, 4) is 0 Å². The van der Waals surface area contributed by atoms with Gasteiger partial charge in [-0.2, -0.15) is 0 Å². The summed E-state index contributed by atoms with van der Waals surface area (Å²) in [6.45, 7) is 2.07. The second-order valence-corrected chi connectivity index (χ2v) is 5.77. The molecule has 4 nitrogen and oxygen atoms in total. The lowest BCUT2D eigenvalue weighted by Crippen LogP contribution is -2.44. The van der Waals surface area contributed by atoms with Crippen molar-refractivity contribution < 1.29 is 0 Å². The van der Waals surface area contributed by atoms with E-state index < -0.39 is 0 Å². The van der Waals surface area contributed by atoms with Crippen molar-refractivity contribution in [2.24, 2.45) is 5.73 Å². The Morgan fingerprint density at radius 1 is 1.11 bits per heavy atom. The third kappa shape index (κ3) is 2.39. The summed E-state index contributed by atoms with van der Waals surface area (Å²) in [5.74, 6) is 1.15. The highest BCUT2D eigenvalue weighted by Gasteiger charge is 2.24. The number of aromatic nitrogens is 2. The van der Waals surface area contributed by atoms with Crippen molar-refractivity contribution in [2.45, 2.75) is 57.0 Å². The molecule has 100 valence electrons. The van der Waals surface area contributed by atoms with Gasteiger partial charge in [0.1, 0.15) is 0 Å². The fourth-order valence-electron chi connectivity index (χ4n) is 3.39. The molecule has 1 aliphatic carbocycles. The molecule has 0 unspecified atom stereocenters. The smallest absolute Gasteiger partial charge is 0.205 e. The summed E-state index contributed by atoms with van der Waals surface area (Å²) in [5, 5.41) is 0. The maximum Gasteiger partial charge on any atom is 0.205 e. The molecule has 1 aromatic rings. The lowest BCUT2D eigenvalue weighted by atomic mass is 9.95. The van der Waals surface area contributed by atoms with Gasteiger partial charge in [-0.1, -0.05) is 19.3 Å². The van der Waals surface area contributed by atoms with Gasteiger partial charge in [0.05, 0.1) is 0 Å². The highest BCUT2D eigenvalue weighted by molar-refractivity contribution is 5.33. The molecule has 0 amide bonds. The van der Waals surface area contributed by atoms with E-state index in [1.54, 1.807) is 0 Å². The maximum absolute atomic E-state index is 6.08. The summed E-state index contributed by atoms with van der Waals surface area (Å²) < 4.78 is 2.40. The normalized spacial score (nSPS) is 26.5. The number of rotatable bonds is 2. The van der Waals surface area contributed by atoms with Crippen LogP contribution in [0.25, 0.3) is 0 Å². The van der Waals surface area contributed by atoms with Gasteiger partial charge in [0.15, 0.2) is 0 Å². The first kappa shape index (κ1) is 12.0. The number of nitrogens with zero attached hydrogens (tertiary/aromatic N) is 3. The van der Waals surface area contributed by atoms with E-state index in [0.29, 0.717) is 12.1 Å². The minimum atomic E-state index is 0.315. The standard InChI is InChI=1S/C14H24N4/c15-12-5-4-9-17(11-12)14-16-8-10-18(14)13-6-2-1-3-7-13/h8,10,12-13H,1-7,9,11,15H2/t12-/m1/s1. The molecule has 0 aromatic carbocycles. The lowest BCUT2D eigenvalue weighted by molar-refractivity contribution is 0.350. The van der Waals surface area contributed by atoms with Crippen LogP contribution in [0.2, 0.25) is 0 Å². The largest absolute Gasteiger partial charge is 0.341 e. The zero-order valence-corrected chi connectivity index (χ0v) is 11.1. The van der Waals surface area contributed by atoms with E-state index in [1.165, 1.54) is 38.5 Å². The molecule has 1 saturated heterocycles. The Labute approximate surface area is 109 Å². The van der Waals surface area contributed by atoms with Gasteiger partial charge < -0.3 is 15.2 Å². The quantitative estimate of drug-likeness (QED) is 0.873. The predicted octanol–water partition coefficient (Wildman–Crippen LogP) is 2.32. The van der Waals surface area contributed by atoms with Crippen molar-refractivity contribution >= 4 is 5.95 Å². The van der Waals surface area contributed by atoms with Gasteiger partial charge in [-0.3, -0.25) is 0 Å². The molecule has 0 bridgehead atoms. The van der Waals surface area contributed by atoms with Gasteiger partial charge in [-0.05, 0) is 25.7 Å². The molecule has 2 aliphatic rings. The van der Waals surface area contributed by atoms with E-state index in [9.17, 15) is 0 Å². The highest BCUT2D eigenvalue weighted by Crippen LogP contribution is 2.31. The number of piperidine rings is 1. The van der Waals surface area contributed by atoms with Crippen LogP contribution in [0.15, 0.2) is 12.4 Å². The molecule has 4 heteroatoms. The Kier molecular flexibility index (Phi) is 3.55. The first-order valence-electron chi connectivity index (χ1n) is 7.38. The molecule has 0 radical (unpaired) electrons. The summed E-state index contributed by atoms with van der Waals surface area (Å²) in [7, 11) is 0. The Balaban J connectivity index is 1.77. The topological polar surface area (TPSA) is 47.1 Å². The van der Waals surface area contributed by atoms with Crippen LogP contribution in [0.1, 0.15) is 51.0 Å². The van der Waals surface area contributed by atoms with Gasteiger partial charge in [-0.25, -0.2) is 4.98 Å². The summed E-state index contributed by atoms with van der Waals surface area (Å²) in [6.07, 6.45) is 13.2. The molecular weight excluding hydrogens is 224 g/mol. The third-order valence-corrected chi connectivity index (χ3v) is 4.36. The second-order valence-electron chi connectivity index (χ2n) is 5.77. The predicted molar refractivity (Wildman–Crippen MR) is 73.8 cm³/mol. The van der Waals surface area contributed by atoms with Crippen molar-refractivity contribution in [3.63, 3.8) is 0 Å². The van der Waals surface area contributed by atoms with E-state index in [-0.39, 0.29) is 0 Å². The molecular formula is C14H24N4. The van der Waals surface area contributed by atoms with E-state index in [0.717, 1.165) is 25.5 Å². The molecule has 1 aromatic heterocycles. The molecule has 1 aliphatic heterocycles. The Morgan fingerprint density at radius 2 is 1.94 bits per heavy atom. The van der Waals surface area contributed by atoms with Gasteiger partial charge in [-0.15, -0.1) is 0 Å². The number of hydrogen-bond donors (Lipinski definition) is 1. The highest BCUT2D eigenvalue weighted by atomic mass is 15.3. The average Bonchev–Trinajstić information content (AvgIpc) is 2.89. The second kappa shape index (κ2) is 5.31. The number of hydrogen-bond acceptors (Lipinski definition) is 3. The van der Waals surface area contributed by atoms with Crippen LogP contribution in [-0.2, 0) is 0 Å². The fourth-order valence-corrected chi connectivity index (χ4v) is 3.39. The molecule has 18 heavy (non-hydrogen) atoms. The average molecular weight is 248 g/mol. The Bertz CT molecular complexity index is 381. The first-order valence-corrected chi connectivity index (χ1v) is 7.38. The van der Waals surface area contributed by atoms with Crippen LogP contribution < -0.4 is 10.6 Å². The van der Waals surface area contributed by atoms with Crippen molar-refractivity contribution in [1.82, 2.24) is 9.55 Å². The molecule has 2 N–H and O–H groups in total. The zero-order chi connectivity index (χ0) is 12.4. The van der Waals surface area contributed by atoms with Crippen LogP contribution in [0.4, 0.5) is 5.95 Å². The van der Waals surface area contributed by atoms with E-state index in [1.807, 2.05) is 6.20 Å². The van der Waals surface area contributed by atoms with Crippen molar-refractivity contribution in [1.29, 1.82) is 0 Å². The van der Waals surface area contributed by atoms with E-state index >= 15 is 0 Å². The SMILES string of the molecule is N[C@@H]1CCCN(c2nccn2C2CCCCC2)C1. The van der Waals surface area contributed by atoms with Gasteiger partial charge in [0, 0.05) is 37.6 Å². The zero-order valence-electron chi connectivity index (χ0n) is 11.1. The van der Waals surface area contributed by atoms with Gasteiger partial charge in [0.2, 0.25) is 5.95 Å². The van der Waals surface area contributed by atoms with Crippen molar-refractivity contribution in [2.75, 3.05) is 18.0 Å². The minimum Gasteiger partial charge on any atom is -0.341 e. The summed E-state index contributed by atoms with van der Waals surface area (Å²) in [5.41, 5.74) is 6.08.